The summed E-state index contributed by atoms with van der Waals surface area (Å²) >= 11 is 0. The maximum atomic E-state index is 13.4. The second-order valence-electron chi connectivity index (χ2n) is 7.19. The third-order valence-electron chi connectivity index (χ3n) is 5.51. The number of ether oxygens (including phenoxy) is 2. The number of para-hydroxylation sites is 1. The minimum absolute atomic E-state index is 0.160. The Labute approximate surface area is 176 Å². The molecule has 0 fully saturated rings. The quantitative estimate of drug-likeness (QED) is 0.545. The third-order valence-corrected chi connectivity index (χ3v) is 5.51. The van der Waals surface area contributed by atoms with Crippen molar-refractivity contribution in [2.45, 2.75) is 12.8 Å². The van der Waals surface area contributed by atoms with Gasteiger partial charge in [0.25, 0.3) is 11.8 Å². The number of carbonyl (C=O) groups is 2. The number of carbonyl (C=O) groups excluding carboxylic acids is 2. The van der Waals surface area contributed by atoms with Gasteiger partial charge in [-0.2, -0.15) is 0 Å². The van der Waals surface area contributed by atoms with Crippen molar-refractivity contribution in [2.75, 3.05) is 32.2 Å². The SMILES string of the molecule is C=CCN1C(=O)C(c2ccc(OC)c(OC)c2)=C(N2CCCc3ccccc32)C1=O. The van der Waals surface area contributed by atoms with E-state index < -0.39 is 0 Å². The summed E-state index contributed by atoms with van der Waals surface area (Å²) in [5.41, 5.74) is 3.54. The molecule has 0 N–H and O–H groups in total. The van der Waals surface area contributed by atoms with Crippen LogP contribution in [0.4, 0.5) is 5.69 Å². The molecule has 154 valence electrons. The fraction of sp³-hybridized carbons (Fsp3) is 0.250. The molecular formula is C24H24N2O4. The molecule has 0 saturated carbocycles. The smallest absolute Gasteiger partial charge is 0.278 e. The zero-order chi connectivity index (χ0) is 21.3. The lowest BCUT2D eigenvalue weighted by atomic mass is 9.98. The van der Waals surface area contributed by atoms with Crippen LogP contribution in [0.25, 0.3) is 5.57 Å². The normalized spacial score (nSPS) is 16.1. The number of nitrogens with zero attached hydrogens (tertiary/aromatic N) is 2. The third kappa shape index (κ3) is 3.14. The lowest BCUT2D eigenvalue weighted by Gasteiger charge is -2.32. The van der Waals surface area contributed by atoms with E-state index in [0.29, 0.717) is 34.9 Å². The van der Waals surface area contributed by atoms with Gasteiger partial charge in [0.2, 0.25) is 0 Å². The molecule has 6 nitrogen and oxygen atoms in total. The van der Waals surface area contributed by atoms with Crippen molar-refractivity contribution in [2.24, 2.45) is 0 Å². The van der Waals surface area contributed by atoms with Crippen molar-refractivity contribution in [3.63, 3.8) is 0 Å². The molecule has 0 radical (unpaired) electrons. The highest BCUT2D eigenvalue weighted by Crippen LogP contribution is 2.39. The predicted octanol–water partition coefficient (Wildman–Crippen LogP) is 3.42. The van der Waals surface area contributed by atoms with Crippen molar-refractivity contribution in [3.8, 4) is 11.5 Å². The topological polar surface area (TPSA) is 59.1 Å². The summed E-state index contributed by atoms with van der Waals surface area (Å²) in [5.74, 6) is 0.432. The molecule has 0 saturated heterocycles. The summed E-state index contributed by atoms with van der Waals surface area (Å²) in [4.78, 5) is 29.9. The van der Waals surface area contributed by atoms with Gasteiger partial charge >= 0.3 is 0 Å². The van der Waals surface area contributed by atoms with Gasteiger partial charge in [-0.3, -0.25) is 14.5 Å². The summed E-state index contributed by atoms with van der Waals surface area (Å²) in [7, 11) is 3.10. The fourth-order valence-corrected chi connectivity index (χ4v) is 4.13. The Hall–Kier alpha value is -3.54. The lowest BCUT2D eigenvalue weighted by Crippen LogP contribution is -2.37. The molecule has 0 unspecified atom stereocenters. The molecule has 2 aliphatic heterocycles. The van der Waals surface area contributed by atoms with E-state index in [1.165, 1.54) is 10.5 Å². The Balaban J connectivity index is 1.91. The molecule has 6 heteroatoms. The van der Waals surface area contributed by atoms with Crippen LogP contribution >= 0.6 is 0 Å². The van der Waals surface area contributed by atoms with Gasteiger partial charge in [-0.05, 0) is 42.2 Å². The maximum absolute atomic E-state index is 13.4. The van der Waals surface area contributed by atoms with E-state index in [1.807, 2.05) is 23.1 Å². The first-order chi connectivity index (χ1) is 14.6. The number of imide groups is 1. The van der Waals surface area contributed by atoms with E-state index >= 15 is 0 Å². The highest BCUT2D eigenvalue weighted by Gasteiger charge is 2.42. The van der Waals surface area contributed by atoms with Crippen LogP contribution in [-0.2, 0) is 16.0 Å². The number of hydrogen-bond acceptors (Lipinski definition) is 5. The van der Waals surface area contributed by atoms with E-state index in [2.05, 4.69) is 12.6 Å². The van der Waals surface area contributed by atoms with E-state index in [4.69, 9.17) is 9.47 Å². The van der Waals surface area contributed by atoms with Crippen LogP contribution in [0, 0.1) is 0 Å². The minimum atomic E-state index is -0.329. The maximum Gasteiger partial charge on any atom is 0.278 e. The Bertz CT molecular complexity index is 1060. The van der Waals surface area contributed by atoms with Crippen LogP contribution in [0.15, 0.2) is 60.8 Å². The van der Waals surface area contributed by atoms with Gasteiger partial charge in [0.1, 0.15) is 5.70 Å². The summed E-state index contributed by atoms with van der Waals surface area (Å²) in [6, 6.07) is 13.3. The number of aryl methyl sites for hydroxylation is 1. The molecule has 2 aromatic carbocycles. The standard InChI is InChI=1S/C24H24N2O4/c1-4-13-26-23(27)21(17-11-12-19(29-2)20(15-17)30-3)22(24(26)28)25-14-7-9-16-8-5-6-10-18(16)25/h4-6,8,10-12,15H,1,7,9,13-14H2,2-3H3. The zero-order valence-electron chi connectivity index (χ0n) is 17.2. The molecular weight excluding hydrogens is 380 g/mol. The van der Waals surface area contributed by atoms with Gasteiger partial charge < -0.3 is 14.4 Å². The molecule has 2 heterocycles. The van der Waals surface area contributed by atoms with Crippen LogP contribution in [-0.4, -0.2) is 44.0 Å². The van der Waals surface area contributed by atoms with E-state index in [0.717, 1.165) is 18.5 Å². The van der Waals surface area contributed by atoms with Crippen molar-refractivity contribution in [1.82, 2.24) is 4.90 Å². The summed E-state index contributed by atoms with van der Waals surface area (Å²) in [5, 5.41) is 0. The minimum Gasteiger partial charge on any atom is -0.493 e. The second kappa shape index (κ2) is 8.06. The fourth-order valence-electron chi connectivity index (χ4n) is 4.13. The van der Waals surface area contributed by atoms with Crippen LogP contribution < -0.4 is 14.4 Å². The molecule has 30 heavy (non-hydrogen) atoms. The molecule has 0 bridgehead atoms. The number of methoxy groups -OCH3 is 2. The molecule has 0 aromatic heterocycles. The van der Waals surface area contributed by atoms with Gasteiger partial charge in [0.05, 0.1) is 19.8 Å². The first kappa shape index (κ1) is 19.8. The Morgan fingerprint density at radius 2 is 1.80 bits per heavy atom. The highest BCUT2D eigenvalue weighted by molar-refractivity contribution is 6.36. The molecule has 0 spiro atoms. The second-order valence-corrected chi connectivity index (χ2v) is 7.19. The van der Waals surface area contributed by atoms with Gasteiger partial charge in [0, 0.05) is 18.8 Å². The Morgan fingerprint density at radius 3 is 2.53 bits per heavy atom. The molecule has 2 aliphatic rings. The number of amides is 2. The van der Waals surface area contributed by atoms with Crippen molar-refractivity contribution in [1.29, 1.82) is 0 Å². The summed E-state index contributed by atoms with van der Waals surface area (Å²) in [6.07, 6.45) is 3.42. The van der Waals surface area contributed by atoms with Gasteiger partial charge in [-0.1, -0.05) is 30.3 Å². The van der Waals surface area contributed by atoms with Crippen LogP contribution in [0.1, 0.15) is 17.5 Å². The monoisotopic (exact) mass is 404 g/mol. The zero-order valence-corrected chi connectivity index (χ0v) is 17.2. The predicted molar refractivity (Wildman–Crippen MR) is 115 cm³/mol. The summed E-state index contributed by atoms with van der Waals surface area (Å²) in [6.45, 7) is 4.53. The number of fused-ring (bicyclic) bond motifs is 1. The van der Waals surface area contributed by atoms with Crippen molar-refractivity contribution in [3.05, 3.63) is 71.9 Å². The molecule has 4 rings (SSSR count). The molecule has 0 atom stereocenters. The molecule has 2 amide bonds. The van der Waals surface area contributed by atoms with E-state index in [-0.39, 0.29) is 18.4 Å². The van der Waals surface area contributed by atoms with Crippen LogP contribution in [0.3, 0.4) is 0 Å². The van der Waals surface area contributed by atoms with E-state index in [9.17, 15) is 9.59 Å². The average Bonchev–Trinajstić information content (AvgIpc) is 3.03. The van der Waals surface area contributed by atoms with Crippen molar-refractivity contribution < 1.29 is 19.1 Å². The summed E-state index contributed by atoms with van der Waals surface area (Å²) < 4.78 is 10.7. The number of benzene rings is 2. The number of anilines is 1. The molecule has 2 aromatic rings. The van der Waals surface area contributed by atoms with E-state index in [1.54, 1.807) is 38.5 Å². The lowest BCUT2D eigenvalue weighted by molar-refractivity contribution is -0.136. The van der Waals surface area contributed by atoms with Crippen LogP contribution in [0.2, 0.25) is 0 Å². The van der Waals surface area contributed by atoms with Crippen molar-refractivity contribution >= 4 is 23.1 Å². The first-order valence-electron chi connectivity index (χ1n) is 9.90. The Kier molecular flexibility index (Phi) is 5.31. The average molecular weight is 404 g/mol. The first-order valence-corrected chi connectivity index (χ1v) is 9.90. The number of rotatable bonds is 6. The molecule has 0 aliphatic carbocycles. The largest absolute Gasteiger partial charge is 0.493 e. The van der Waals surface area contributed by atoms with Gasteiger partial charge in [0.15, 0.2) is 11.5 Å². The van der Waals surface area contributed by atoms with Crippen LogP contribution in [0.5, 0.6) is 11.5 Å². The Morgan fingerprint density at radius 1 is 1.03 bits per heavy atom. The van der Waals surface area contributed by atoms with Gasteiger partial charge in [-0.25, -0.2) is 0 Å². The van der Waals surface area contributed by atoms with Gasteiger partial charge in [-0.15, -0.1) is 6.58 Å². The highest BCUT2D eigenvalue weighted by atomic mass is 16.5. The number of hydrogen-bond donors (Lipinski definition) is 0.